The van der Waals surface area contributed by atoms with Crippen LogP contribution in [0.3, 0.4) is 0 Å². The van der Waals surface area contributed by atoms with Gasteiger partial charge in [0.15, 0.2) is 5.16 Å². The zero-order valence-corrected chi connectivity index (χ0v) is 13.1. The largest absolute Gasteiger partial charge is 0.354 e. The predicted molar refractivity (Wildman–Crippen MR) is 87.7 cm³/mol. The molecule has 0 aliphatic carbocycles. The van der Waals surface area contributed by atoms with E-state index < -0.39 is 0 Å². The third-order valence-electron chi connectivity index (χ3n) is 3.75. The lowest BCUT2D eigenvalue weighted by Crippen LogP contribution is -2.46. The van der Waals surface area contributed by atoms with Crippen molar-refractivity contribution >= 4 is 17.6 Å². The van der Waals surface area contributed by atoms with E-state index in [-0.39, 0.29) is 0 Å². The van der Waals surface area contributed by atoms with Crippen molar-refractivity contribution in [3.8, 4) is 0 Å². The highest BCUT2D eigenvalue weighted by molar-refractivity contribution is 7.98. The lowest BCUT2D eigenvalue weighted by atomic mass is 10.2. The highest BCUT2D eigenvalue weighted by Gasteiger charge is 2.18. The van der Waals surface area contributed by atoms with Crippen LogP contribution in [0.1, 0.15) is 5.56 Å². The molecule has 110 valence electrons. The number of hydrogen-bond donors (Lipinski definition) is 0. The molecule has 0 amide bonds. The molecule has 1 aliphatic heterocycles. The molecule has 1 aromatic heterocycles. The van der Waals surface area contributed by atoms with Crippen LogP contribution in [-0.2, 0) is 6.54 Å². The van der Waals surface area contributed by atoms with Crippen LogP contribution in [0.25, 0.3) is 0 Å². The summed E-state index contributed by atoms with van der Waals surface area (Å²) >= 11 is 1.59. The summed E-state index contributed by atoms with van der Waals surface area (Å²) in [6.07, 6.45) is 3.86. The quantitative estimate of drug-likeness (QED) is 0.640. The van der Waals surface area contributed by atoms with Gasteiger partial charge in [0.1, 0.15) is 5.82 Å². The zero-order valence-electron chi connectivity index (χ0n) is 12.3. The van der Waals surface area contributed by atoms with E-state index >= 15 is 0 Å². The second-order valence-corrected chi connectivity index (χ2v) is 5.92. The molecular weight excluding hydrogens is 280 g/mol. The maximum atomic E-state index is 4.58. The fourth-order valence-corrected chi connectivity index (χ4v) is 2.93. The molecule has 21 heavy (non-hydrogen) atoms. The molecule has 1 aliphatic rings. The lowest BCUT2D eigenvalue weighted by molar-refractivity contribution is 0.249. The van der Waals surface area contributed by atoms with Gasteiger partial charge < -0.3 is 4.90 Å². The van der Waals surface area contributed by atoms with Crippen LogP contribution in [-0.4, -0.2) is 47.3 Å². The molecule has 0 N–H and O–H groups in total. The minimum absolute atomic E-state index is 0.846. The summed E-state index contributed by atoms with van der Waals surface area (Å²) in [5, 5.41) is 0.846. The van der Waals surface area contributed by atoms with Gasteiger partial charge in [0.05, 0.1) is 0 Å². The summed E-state index contributed by atoms with van der Waals surface area (Å²) < 4.78 is 0. The zero-order chi connectivity index (χ0) is 14.5. The second kappa shape index (κ2) is 6.91. The predicted octanol–water partition coefficient (Wildman–Crippen LogP) is 2.52. The Balaban J connectivity index is 1.57. The molecule has 1 fully saturated rings. The third-order valence-corrected chi connectivity index (χ3v) is 4.31. The first-order valence-electron chi connectivity index (χ1n) is 7.23. The van der Waals surface area contributed by atoms with E-state index in [2.05, 4.69) is 50.1 Å². The van der Waals surface area contributed by atoms with Crippen LogP contribution in [0, 0.1) is 0 Å². The van der Waals surface area contributed by atoms with Crippen molar-refractivity contribution in [3.63, 3.8) is 0 Å². The van der Waals surface area contributed by atoms with E-state index in [1.54, 1.807) is 11.8 Å². The number of benzene rings is 1. The fourth-order valence-electron chi connectivity index (χ4n) is 2.58. The Morgan fingerprint density at radius 3 is 2.52 bits per heavy atom. The molecule has 2 heterocycles. The molecule has 0 unspecified atom stereocenters. The molecule has 3 rings (SSSR count). The SMILES string of the molecule is CSc1nccc(N2CCN(Cc3ccccc3)CC2)n1. The fraction of sp³-hybridized carbons (Fsp3) is 0.375. The molecule has 0 saturated carbocycles. The summed E-state index contributed by atoms with van der Waals surface area (Å²) in [6, 6.07) is 12.7. The molecular formula is C16H20N4S. The Morgan fingerprint density at radius 2 is 1.81 bits per heavy atom. The van der Waals surface area contributed by atoms with E-state index in [1.165, 1.54) is 5.56 Å². The van der Waals surface area contributed by atoms with Crippen molar-refractivity contribution in [2.45, 2.75) is 11.7 Å². The van der Waals surface area contributed by atoms with Gasteiger partial charge in [-0.2, -0.15) is 0 Å². The maximum absolute atomic E-state index is 4.58. The van der Waals surface area contributed by atoms with Crippen molar-refractivity contribution in [3.05, 3.63) is 48.2 Å². The van der Waals surface area contributed by atoms with Crippen molar-refractivity contribution < 1.29 is 0 Å². The molecule has 1 aromatic carbocycles. The van der Waals surface area contributed by atoms with Gasteiger partial charge in [0.25, 0.3) is 0 Å². The van der Waals surface area contributed by atoms with Gasteiger partial charge in [0.2, 0.25) is 0 Å². The third kappa shape index (κ3) is 3.74. The Morgan fingerprint density at radius 1 is 1.05 bits per heavy atom. The first kappa shape index (κ1) is 14.4. The number of rotatable bonds is 4. The van der Waals surface area contributed by atoms with Crippen LogP contribution in [0.4, 0.5) is 5.82 Å². The number of thioether (sulfide) groups is 1. The minimum Gasteiger partial charge on any atom is -0.354 e. The number of nitrogens with zero attached hydrogens (tertiary/aromatic N) is 4. The van der Waals surface area contributed by atoms with Gasteiger partial charge in [-0.05, 0) is 17.9 Å². The molecule has 4 nitrogen and oxygen atoms in total. The second-order valence-electron chi connectivity index (χ2n) is 5.15. The van der Waals surface area contributed by atoms with E-state index in [4.69, 9.17) is 0 Å². The Hall–Kier alpha value is -1.59. The number of aromatic nitrogens is 2. The average molecular weight is 300 g/mol. The Bertz CT molecular complexity index is 567. The van der Waals surface area contributed by atoms with Crippen LogP contribution in [0.5, 0.6) is 0 Å². The first-order valence-corrected chi connectivity index (χ1v) is 8.46. The lowest BCUT2D eigenvalue weighted by Gasteiger charge is -2.35. The molecule has 2 aromatic rings. The molecule has 0 bridgehead atoms. The summed E-state index contributed by atoms with van der Waals surface area (Å²) in [5.41, 5.74) is 1.39. The van der Waals surface area contributed by atoms with Crippen LogP contribution < -0.4 is 4.90 Å². The van der Waals surface area contributed by atoms with E-state index in [1.807, 2.05) is 18.5 Å². The molecule has 0 radical (unpaired) electrons. The average Bonchev–Trinajstić information content (AvgIpc) is 2.56. The van der Waals surface area contributed by atoms with Gasteiger partial charge >= 0.3 is 0 Å². The topological polar surface area (TPSA) is 32.3 Å². The Labute approximate surface area is 130 Å². The molecule has 5 heteroatoms. The van der Waals surface area contributed by atoms with Crippen molar-refractivity contribution in [2.24, 2.45) is 0 Å². The van der Waals surface area contributed by atoms with Crippen LogP contribution >= 0.6 is 11.8 Å². The van der Waals surface area contributed by atoms with E-state index in [9.17, 15) is 0 Å². The smallest absolute Gasteiger partial charge is 0.189 e. The molecule has 1 saturated heterocycles. The molecule has 0 spiro atoms. The number of anilines is 1. The summed E-state index contributed by atoms with van der Waals surface area (Å²) in [5.74, 6) is 1.05. The van der Waals surface area contributed by atoms with Crippen molar-refractivity contribution in [2.75, 3.05) is 37.3 Å². The van der Waals surface area contributed by atoms with Crippen molar-refractivity contribution in [1.29, 1.82) is 0 Å². The van der Waals surface area contributed by atoms with E-state index in [0.29, 0.717) is 0 Å². The maximum Gasteiger partial charge on any atom is 0.189 e. The molecule has 0 atom stereocenters. The summed E-state index contributed by atoms with van der Waals surface area (Å²) in [7, 11) is 0. The highest BCUT2D eigenvalue weighted by atomic mass is 32.2. The van der Waals surface area contributed by atoms with Crippen LogP contribution in [0.15, 0.2) is 47.8 Å². The highest BCUT2D eigenvalue weighted by Crippen LogP contribution is 2.17. The van der Waals surface area contributed by atoms with Gasteiger partial charge in [-0.25, -0.2) is 9.97 Å². The van der Waals surface area contributed by atoms with Gasteiger partial charge in [-0.1, -0.05) is 42.1 Å². The normalized spacial score (nSPS) is 16.1. The number of hydrogen-bond acceptors (Lipinski definition) is 5. The van der Waals surface area contributed by atoms with Gasteiger partial charge in [-0.3, -0.25) is 4.90 Å². The van der Waals surface area contributed by atoms with Gasteiger partial charge in [-0.15, -0.1) is 0 Å². The first-order chi connectivity index (χ1) is 10.3. The monoisotopic (exact) mass is 300 g/mol. The van der Waals surface area contributed by atoms with Gasteiger partial charge in [0, 0.05) is 38.9 Å². The van der Waals surface area contributed by atoms with Crippen molar-refractivity contribution in [1.82, 2.24) is 14.9 Å². The number of piperazine rings is 1. The van der Waals surface area contributed by atoms with Crippen LogP contribution in [0.2, 0.25) is 0 Å². The summed E-state index contributed by atoms with van der Waals surface area (Å²) in [6.45, 7) is 5.24. The summed E-state index contributed by atoms with van der Waals surface area (Å²) in [4.78, 5) is 13.7. The van der Waals surface area contributed by atoms with E-state index in [0.717, 1.165) is 43.7 Å². The Kier molecular flexibility index (Phi) is 4.72. The minimum atomic E-state index is 0.846. The standard InChI is InChI=1S/C16H20N4S/c1-21-16-17-8-7-15(18-16)20-11-9-19(10-12-20)13-14-5-3-2-4-6-14/h2-8H,9-13H2,1H3.